The summed E-state index contributed by atoms with van der Waals surface area (Å²) in [6, 6.07) is 3.95. The van der Waals surface area contributed by atoms with Crippen molar-refractivity contribution < 1.29 is 9.57 Å². The van der Waals surface area contributed by atoms with Crippen LogP contribution in [0.4, 0.5) is 0 Å². The Morgan fingerprint density at radius 3 is 2.60 bits per heavy atom. The molecule has 84 valence electrons. The molecule has 15 heavy (non-hydrogen) atoms. The average molecular weight is 230 g/mol. The summed E-state index contributed by atoms with van der Waals surface area (Å²) >= 11 is 6.10. The molecule has 1 aromatic rings. The highest BCUT2D eigenvalue weighted by molar-refractivity contribution is 6.32. The van der Waals surface area contributed by atoms with E-state index in [0.29, 0.717) is 11.6 Å². The van der Waals surface area contributed by atoms with E-state index in [1.54, 1.807) is 14.2 Å². The minimum absolute atomic E-state index is 0.632. The maximum absolute atomic E-state index is 6.10. The van der Waals surface area contributed by atoms with Gasteiger partial charge in [0.05, 0.1) is 19.2 Å². The zero-order chi connectivity index (χ0) is 11.3. The molecule has 0 aliphatic rings. The Hall–Kier alpha value is -0.770. The van der Waals surface area contributed by atoms with Gasteiger partial charge in [0.15, 0.2) is 0 Å². The number of methoxy groups -OCH3 is 1. The molecular weight excluding hydrogens is 214 g/mol. The summed E-state index contributed by atoms with van der Waals surface area (Å²) in [6.45, 7) is 2.70. The van der Waals surface area contributed by atoms with Gasteiger partial charge in [-0.3, -0.25) is 0 Å². The minimum Gasteiger partial charge on any atom is -0.495 e. The molecular formula is C11H16ClNO2. The molecule has 0 heterocycles. The molecule has 4 heteroatoms. The lowest BCUT2D eigenvalue weighted by Gasteiger charge is -2.11. The molecule has 0 radical (unpaired) electrons. The molecule has 0 saturated carbocycles. The lowest BCUT2D eigenvalue weighted by Crippen LogP contribution is -2.11. The molecule has 3 nitrogen and oxygen atoms in total. The van der Waals surface area contributed by atoms with Crippen LogP contribution >= 0.6 is 11.6 Å². The van der Waals surface area contributed by atoms with E-state index in [-0.39, 0.29) is 0 Å². The molecule has 0 spiro atoms. The number of rotatable bonds is 5. The standard InChI is InChI=1S/C11H16ClNO2/c1-4-9-5-8(7-13-15-3)6-10(12)11(9)14-2/h5-6,13H,4,7H2,1-3H3. The van der Waals surface area contributed by atoms with Crippen LogP contribution < -0.4 is 10.2 Å². The highest BCUT2D eigenvalue weighted by atomic mass is 35.5. The van der Waals surface area contributed by atoms with Crippen molar-refractivity contribution in [1.29, 1.82) is 0 Å². The second-order valence-corrected chi connectivity index (χ2v) is 3.56. The van der Waals surface area contributed by atoms with Gasteiger partial charge in [-0.05, 0) is 23.6 Å². The Balaban J connectivity index is 2.97. The van der Waals surface area contributed by atoms with Gasteiger partial charge in [-0.1, -0.05) is 24.6 Å². The first kappa shape index (κ1) is 12.3. The summed E-state index contributed by atoms with van der Waals surface area (Å²) in [5.74, 6) is 0.764. The number of hydroxylamine groups is 1. The normalized spacial score (nSPS) is 10.4. The summed E-state index contributed by atoms with van der Waals surface area (Å²) < 4.78 is 5.24. The second kappa shape index (κ2) is 5.95. The molecule has 0 amide bonds. The van der Waals surface area contributed by atoms with Crippen LogP contribution in [0, 0.1) is 0 Å². The van der Waals surface area contributed by atoms with E-state index in [1.807, 2.05) is 6.07 Å². The highest BCUT2D eigenvalue weighted by Crippen LogP contribution is 2.30. The summed E-state index contributed by atoms with van der Waals surface area (Å²) in [5.41, 5.74) is 4.97. The van der Waals surface area contributed by atoms with Crippen LogP contribution in [0.1, 0.15) is 18.1 Å². The third-order valence-electron chi connectivity index (χ3n) is 2.19. The summed E-state index contributed by atoms with van der Waals surface area (Å²) in [5, 5.41) is 0.643. The van der Waals surface area contributed by atoms with Gasteiger partial charge in [-0.2, -0.15) is 5.48 Å². The minimum atomic E-state index is 0.632. The monoisotopic (exact) mass is 229 g/mol. The molecule has 0 aliphatic heterocycles. The number of nitrogens with one attached hydrogen (secondary N) is 1. The molecule has 0 aliphatic carbocycles. The van der Waals surface area contributed by atoms with E-state index in [9.17, 15) is 0 Å². The molecule has 1 rings (SSSR count). The fourth-order valence-corrected chi connectivity index (χ4v) is 1.80. The largest absolute Gasteiger partial charge is 0.495 e. The Bertz CT molecular complexity index is 329. The van der Waals surface area contributed by atoms with Crippen molar-refractivity contribution in [2.24, 2.45) is 0 Å². The van der Waals surface area contributed by atoms with Gasteiger partial charge >= 0.3 is 0 Å². The van der Waals surface area contributed by atoms with Crippen LogP contribution in [0.15, 0.2) is 12.1 Å². The summed E-state index contributed by atoms with van der Waals surface area (Å²) in [4.78, 5) is 4.79. The Labute approximate surface area is 95.3 Å². The molecule has 0 unspecified atom stereocenters. The number of ether oxygens (including phenoxy) is 1. The van der Waals surface area contributed by atoms with Crippen molar-refractivity contribution in [3.63, 3.8) is 0 Å². The molecule has 0 atom stereocenters. The fraction of sp³-hybridized carbons (Fsp3) is 0.455. The van der Waals surface area contributed by atoms with E-state index in [1.165, 1.54) is 0 Å². The third kappa shape index (κ3) is 3.09. The van der Waals surface area contributed by atoms with E-state index in [0.717, 1.165) is 23.3 Å². The lowest BCUT2D eigenvalue weighted by molar-refractivity contribution is 0.0867. The Morgan fingerprint density at radius 1 is 1.33 bits per heavy atom. The average Bonchev–Trinajstić information content (AvgIpc) is 2.25. The Morgan fingerprint density at radius 2 is 2.07 bits per heavy atom. The van der Waals surface area contributed by atoms with Gasteiger partial charge in [0, 0.05) is 6.54 Å². The van der Waals surface area contributed by atoms with Crippen LogP contribution in [-0.2, 0) is 17.8 Å². The number of hydrogen-bond donors (Lipinski definition) is 1. The van der Waals surface area contributed by atoms with Gasteiger partial charge in [0.1, 0.15) is 5.75 Å². The van der Waals surface area contributed by atoms with Crippen molar-refractivity contribution in [1.82, 2.24) is 5.48 Å². The SMILES string of the molecule is CCc1cc(CNOC)cc(Cl)c1OC. The fourth-order valence-electron chi connectivity index (χ4n) is 1.46. The number of halogens is 1. The first-order chi connectivity index (χ1) is 7.22. The molecule has 0 bridgehead atoms. The molecule has 0 aromatic heterocycles. The van der Waals surface area contributed by atoms with Gasteiger partial charge in [-0.15, -0.1) is 0 Å². The van der Waals surface area contributed by atoms with Gasteiger partial charge in [0.25, 0.3) is 0 Å². The summed E-state index contributed by atoms with van der Waals surface area (Å²) in [7, 11) is 3.22. The topological polar surface area (TPSA) is 30.5 Å². The van der Waals surface area contributed by atoms with Crippen LogP contribution in [-0.4, -0.2) is 14.2 Å². The van der Waals surface area contributed by atoms with E-state index in [4.69, 9.17) is 21.2 Å². The zero-order valence-electron chi connectivity index (χ0n) is 9.26. The van der Waals surface area contributed by atoms with Crippen LogP contribution in [0.3, 0.4) is 0 Å². The Kier molecular flexibility index (Phi) is 4.88. The number of hydrogen-bond acceptors (Lipinski definition) is 3. The maximum Gasteiger partial charge on any atom is 0.140 e. The van der Waals surface area contributed by atoms with Gasteiger partial charge in [-0.25, -0.2) is 0 Å². The van der Waals surface area contributed by atoms with Crippen LogP contribution in [0.5, 0.6) is 5.75 Å². The second-order valence-electron chi connectivity index (χ2n) is 3.15. The summed E-state index contributed by atoms with van der Waals surface area (Å²) in [6.07, 6.45) is 0.893. The molecule has 0 fully saturated rings. The molecule has 1 aromatic carbocycles. The number of aryl methyl sites for hydroxylation is 1. The smallest absolute Gasteiger partial charge is 0.140 e. The van der Waals surface area contributed by atoms with Crippen molar-refractivity contribution in [3.8, 4) is 5.75 Å². The van der Waals surface area contributed by atoms with E-state index < -0.39 is 0 Å². The third-order valence-corrected chi connectivity index (χ3v) is 2.47. The predicted molar refractivity (Wildman–Crippen MR) is 61.2 cm³/mol. The van der Waals surface area contributed by atoms with Gasteiger partial charge < -0.3 is 9.57 Å². The van der Waals surface area contributed by atoms with Crippen molar-refractivity contribution in [2.75, 3.05) is 14.2 Å². The zero-order valence-corrected chi connectivity index (χ0v) is 10.0. The first-order valence-electron chi connectivity index (χ1n) is 4.84. The van der Waals surface area contributed by atoms with Gasteiger partial charge in [0.2, 0.25) is 0 Å². The van der Waals surface area contributed by atoms with Crippen molar-refractivity contribution in [3.05, 3.63) is 28.3 Å². The quantitative estimate of drug-likeness (QED) is 0.788. The van der Waals surface area contributed by atoms with Crippen LogP contribution in [0.25, 0.3) is 0 Å². The van der Waals surface area contributed by atoms with E-state index >= 15 is 0 Å². The molecule has 0 saturated heterocycles. The van der Waals surface area contributed by atoms with E-state index in [2.05, 4.69) is 18.5 Å². The first-order valence-corrected chi connectivity index (χ1v) is 5.21. The maximum atomic E-state index is 6.10. The van der Waals surface area contributed by atoms with Crippen molar-refractivity contribution >= 4 is 11.6 Å². The predicted octanol–water partition coefficient (Wildman–Crippen LogP) is 2.56. The van der Waals surface area contributed by atoms with Crippen LogP contribution in [0.2, 0.25) is 5.02 Å². The van der Waals surface area contributed by atoms with Crippen molar-refractivity contribution in [2.45, 2.75) is 19.9 Å². The lowest BCUT2D eigenvalue weighted by atomic mass is 10.1. The number of benzene rings is 1. The highest BCUT2D eigenvalue weighted by Gasteiger charge is 2.08. The molecule has 1 N–H and O–H groups in total.